The van der Waals surface area contributed by atoms with E-state index in [1.807, 2.05) is 0 Å². The average Bonchev–Trinajstić information content (AvgIpc) is 1.96. The predicted octanol–water partition coefficient (Wildman–Crippen LogP) is 3.21. The first-order valence-electron chi connectivity index (χ1n) is 4.98. The van der Waals surface area contributed by atoms with E-state index in [-0.39, 0.29) is 0 Å². The second-order valence-electron chi connectivity index (χ2n) is 3.92. The molecule has 0 bridgehead atoms. The molecule has 12 heavy (non-hydrogen) atoms. The van der Waals surface area contributed by atoms with E-state index in [0.717, 1.165) is 19.4 Å². The highest BCUT2D eigenvalue weighted by Gasteiger charge is 2.27. The van der Waals surface area contributed by atoms with Crippen molar-refractivity contribution in [2.24, 2.45) is 5.92 Å². The molecule has 0 saturated heterocycles. The summed E-state index contributed by atoms with van der Waals surface area (Å²) in [5.74, 6) is 0.712. The summed E-state index contributed by atoms with van der Waals surface area (Å²) in [5, 5.41) is 0.386. The van der Waals surface area contributed by atoms with E-state index in [2.05, 4.69) is 13.8 Å². The number of ether oxygens (including phenoxy) is 1. The van der Waals surface area contributed by atoms with Crippen LogP contribution in [0.15, 0.2) is 0 Å². The Morgan fingerprint density at radius 3 is 2.67 bits per heavy atom. The molecular weight excluding hydrogens is 172 g/mol. The molecule has 72 valence electrons. The van der Waals surface area contributed by atoms with E-state index >= 15 is 0 Å². The molecule has 2 heteroatoms. The monoisotopic (exact) mass is 190 g/mol. The molecule has 1 atom stereocenters. The molecule has 1 fully saturated rings. The van der Waals surface area contributed by atoms with Crippen LogP contribution in [-0.4, -0.2) is 18.1 Å². The van der Waals surface area contributed by atoms with Gasteiger partial charge in [0.05, 0.1) is 6.10 Å². The Kier molecular flexibility index (Phi) is 4.38. The number of hydrogen-bond acceptors (Lipinski definition) is 1. The summed E-state index contributed by atoms with van der Waals surface area (Å²) < 4.78 is 5.68. The van der Waals surface area contributed by atoms with Crippen LogP contribution < -0.4 is 0 Å². The lowest BCUT2D eigenvalue weighted by molar-refractivity contribution is -0.0120. The fourth-order valence-corrected chi connectivity index (χ4v) is 1.91. The molecule has 0 aromatic carbocycles. The summed E-state index contributed by atoms with van der Waals surface area (Å²) in [5.41, 5.74) is 0. The van der Waals surface area contributed by atoms with Crippen LogP contribution in [0.4, 0.5) is 0 Å². The summed E-state index contributed by atoms with van der Waals surface area (Å²) >= 11 is 5.84. The number of rotatable bonds is 5. The summed E-state index contributed by atoms with van der Waals surface area (Å²) in [4.78, 5) is 0. The van der Waals surface area contributed by atoms with Crippen molar-refractivity contribution in [3.05, 3.63) is 0 Å². The molecule has 0 amide bonds. The fourth-order valence-electron chi connectivity index (χ4n) is 1.51. The molecule has 0 N–H and O–H groups in total. The highest BCUT2D eigenvalue weighted by atomic mass is 35.5. The van der Waals surface area contributed by atoms with Gasteiger partial charge in [0, 0.05) is 12.0 Å². The lowest BCUT2D eigenvalue weighted by Crippen LogP contribution is -2.33. The van der Waals surface area contributed by atoms with Crippen LogP contribution in [-0.2, 0) is 4.74 Å². The van der Waals surface area contributed by atoms with Crippen molar-refractivity contribution in [3.63, 3.8) is 0 Å². The second-order valence-corrected chi connectivity index (χ2v) is 4.54. The van der Waals surface area contributed by atoms with Crippen molar-refractivity contribution in [2.75, 3.05) is 6.61 Å². The fraction of sp³-hybridized carbons (Fsp3) is 1.00. The van der Waals surface area contributed by atoms with Gasteiger partial charge < -0.3 is 4.74 Å². The van der Waals surface area contributed by atoms with Gasteiger partial charge >= 0.3 is 0 Å². The van der Waals surface area contributed by atoms with Crippen molar-refractivity contribution in [1.82, 2.24) is 0 Å². The first-order valence-corrected chi connectivity index (χ1v) is 5.41. The van der Waals surface area contributed by atoms with Gasteiger partial charge in [-0.3, -0.25) is 0 Å². The van der Waals surface area contributed by atoms with E-state index < -0.39 is 0 Å². The first-order chi connectivity index (χ1) is 5.72. The molecule has 1 aliphatic carbocycles. The number of hydrogen-bond donors (Lipinski definition) is 0. The van der Waals surface area contributed by atoms with Crippen LogP contribution in [0.5, 0.6) is 0 Å². The summed E-state index contributed by atoms with van der Waals surface area (Å²) in [7, 11) is 0. The summed E-state index contributed by atoms with van der Waals surface area (Å²) in [6.07, 6.45) is 5.11. The summed E-state index contributed by atoms with van der Waals surface area (Å²) in [6.45, 7) is 5.39. The smallest absolute Gasteiger partial charge is 0.0603 e. The van der Waals surface area contributed by atoms with Crippen molar-refractivity contribution >= 4 is 11.6 Å². The maximum atomic E-state index is 5.84. The van der Waals surface area contributed by atoms with E-state index in [4.69, 9.17) is 16.3 Å². The predicted molar refractivity (Wildman–Crippen MR) is 52.7 cm³/mol. The SMILES string of the molecule is CCCC(C)COC1CC(Cl)C1. The zero-order chi connectivity index (χ0) is 8.97. The third kappa shape index (κ3) is 3.32. The molecule has 0 aromatic heterocycles. The van der Waals surface area contributed by atoms with Gasteiger partial charge in [0.1, 0.15) is 0 Å². The van der Waals surface area contributed by atoms with Gasteiger partial charge in [-0.15, -0.1) is 11.6 Å². The standard InChI is InChI=1S/C10H19ClO/c1-3-4-8(2)7-12-10-5-9(11)6-10/h8-10H,3-7H2,1-2H3. The quantitative estimate of drug-likeness (QED) is 0.605. The third-order valence-corrected chi connectivity index (χ3v) is 2.79. The molecule has 0 aliphatic heterocycles. The Morgan fingerprint density at radius 1 is 1.50 bits per heavy atom. The van der Waals surface area contributed by atoms with Crippen molar-refractivity contribution in [3.8, 4) is 0 Å². The van der Waals surface area contributed by atoms with E-state index in [9.17, 15) is 0 Å². The first kappa shape index (κ1) is 10.3. The summed E-state index contributed by atoms with van der Waals surface area (Å²) in [6, 6.07) is 0. The number of halogens is 1. The molecule has 0 heterocycles. The average molecular weight is 191 g/mol. The molecule has 1 unspecified atom stereocenters. The van der Waals surface area contributed by atoms with Gasteiger partial charge in [0.2, 0.25) is 0 Å². The Labute approximate surface area is 80.4 Å². The van der Waals surface area contributed by atoms with E-state index in [0.29, 0.717) is 17.4 Å². The Bertz CT molecular complexity index is 116. The van der Waals surface area contributed by atoms with Gasteiger partial charge in [0.25, 0.3) is 0 Å². The maximum Gasteiger partial charge on any atom is 0.0603 e. The lowest BCUT2D eigenvalue weighted by atomic mass is 9.95. The van der Waals surface area contributed by atoms with Crippen LogP contribution in [0.2, 0.25) is 0 Å². The second kappa shape index (κ2) is 5.08. The van der Waals surface area contributed by atoms with Crippen LogP contribution >= 0.6 is 11.6 Å². The van der Waals surface area contributed by atoms with E-state index in [1.165, 1.54) is 12.8 Å². The van der Waals surface area contributed by atoms with Gasteiger partial charge in [0.15, 0.2) is 0 Å². The Morgan fingerprint density at radius 2 is 2.17 bits per heavy atom. The topological polar surface area (TPSA) is 9.23 Å². The van der Waals surface area contributed by atoms with Crippen molar-refractivity contribution in [1.29, 1.82) is 0 Å². The minimum absolute atomic E-state index is 0.386. The molecule has 1 rings (SSSR count). The van der Waals surface area contributed by atoms with Gasteiger partial charge in [-0.25, -0.2) is 0 Å². The normalized spacial score (nSPS) is 31.2. The van der Waals surface area contributed by atoms with E-state index in [1.54, 1.807) is 0 Å². The van der Waals surface area contributed by atoms with Gasteiger partial charge in [-0.05, 0) is 25.2 Å². The van der Waals surface area contributed by atoms with Crippen molar-refractivity contribution < 1.29 is 4.74 Å². The largest absolute Gasteiger partial charge is 0.378 e. The molecule has 0 aromatic rings. The van der Waals surface area contributed by atoms with Crippen molar-refractivity contribution in [2.45, 2.75) is 51.0 Å². The van der Waals surface area contributed by atoms with Gasteiger partial charge in [-0.1, -0.05) is 20.3 Å². The Balaban J connectivity index is 1.95. The molecule has 1 nitrogen and oxygen atoms in total. The Hall–Kier alpha value is 0.250. The van der Waals surface area contributed by atoms with Crippen LogP contribution in [0, 0.1) is 5.92 Å². The van der Waals surface area contributed by atoms with Crippen LogP contribution in [0.3, 0.4) is 0 Å². The van der Waals surface area contributed by atoms with Crippen LogP contribution in [0.1, 0.15) is 39.5 Å². The van der Waals surface area contributed by atoms with Crippen LogP contribution in [0.25, 0.3) is 0 Å². The molecule has 1 aliphatic rings. The highest BCUT2D eigenvalue weighted by molar-refractivity contribution is 6.21. The molecule has 0 spiro atoms. The minimum atomic E-state index is 0.386. The zero-order valence-electron chi connectivity index (χ0n) is 8.05. The molecular formula is C10H19ClO. The third-order valence-electron chi connectivity index (χ3n) is 2.44. The number of alkyl halides is 1. The molecule has 1 saturated carbocycles. The lowest BCUT2D eigenvalue weighted by Gasteiger charge is -2.31. The highest BCUT2D eigenvalue weighted by Crippen LogP contribution is 2.28. The van der Waals surface area contributed by atoms with Gasteiger partial charge in [-0.2, -0.15) is 0 Å². The minimum Gasteiger partial charge on any atom is -0.378 e. The zero-order valence-corrected chi connectivity index (χ0v) is 8.81. The maximum absolute atomic E-state index is 5.84. The molecule has 0 radical (unpaired) electrons.